The number of ether oxygens (including phenoxy) is 1. The van der Waals surface area contributed by atoms with Crippen LogP contribution in [0.5, 0.6) is 5.75 Å². The SMILES string of the molecule is COc1ccc(C(N)Cc2ccccn2)cc1Br. The van der Waals surface area contributed by atoms with Crippen LogP contribution in [-0.4, -0.2) is 12.1 Å². The Labute approximate surface area is 115 Å². The lowest BCUT2D eigenvalue weighted by Gasteiger charge is -2.13. The molecule has 0 spiro atoms. The van der Waals surface area contributed by atoms with Crippen LogP contribution in [0.15, 0.2) is 47.1 Å². The number of benzene rings is 1. The second kappa shape index (κ2) is 5.98. The van der Waals surface area contributed by atoms with Crippen molar-refractivity contribution in [1.29, 1.82) is 0 Å². The fraction of sp³-hybridized carbons (Fsp3) is 0.214. The molecule has 3 nitrogen and oxygen atoms in total. The average molecular weight is 307 g/mol. The van der Waals surface area contributed by atoms with E-state index in [4.69, 9.17) is 10.5 Å². The van der Waals surface area contributed by atoms with Gasteiger partial charge in [0.1, 0.15) is 5.75 Å². The van der Waals surface area contributed by atoms with E-state index in [-0.39, 0.29) is 6.04 Å². The van der Waals surface area contributed by atoms with Crippen LogP contribution >= 0.6 is 15.9 Å². The molecule has 2 rings (SSSR count). The van der Waals surface area contributed by atoms with E-state index in [1.807, 2.05) is 36.4 Å². The summed E-state index contributed by atoms with van der Waals surface area (Å²) >= 11 is 3.46. The molecule has 0 amide bonds. The summed E-state index contributed by atoms with van der Waals surface area (Å²) in [5.41, 5.74) is 8.25. The fourth-order valence-corrected chi connectivity index (χ4v) is 2.33. The first kappa shape index (κ1) is 13.1. The van der Waals surface area contributed by atoms with Crippen LogP contribution in [0.2, 0.25) is 0 Å². The normalized spacial score (nSPS) is 12.2. The van der Waals surface area contributed by atoms with Crippen LogP contribution < -0.4 is 10.5 Å². The van der Waals surface area contributed by atoms with Gasteiger partial charge < -0.3 is 10.5 Å². The second-order valence-electron chi connectivity index (χ2n) is 4.03. The van der Waals surface area contributed by atoms with E-state index in [0.29, 0.717) is 0 Å². The minimum atomic E-state index is -0.0675. The van der Waals surface area contributed by atoms with E-state index in [2.05, 4.69) is 20.9 Å². The van der Waals surface area contributed by atoms with Crippen molar-refractivity contribution < 1.29 is 4.74 Å². The highest BCUT2D eigenvalue weighted by Gasteiger charge is 2.10. The van der Waals surface area contributed by atoms with Crippen LogP contribution in [0.1, 0.15) is 17.3 Å². The predicted molar refractivity (Wildman–Crippen MR) is 75.6 cm³/mol. The fourth-order valence-electron chi connectivity index (χ4n) is 1.78. The monoisotopic (exact) mass is 306 g/mol. The molecule has 2 N–H and O–H groups in total. The number of methoxy groups -OCH3 is 1. The van der Waals surface area contributed by atoms with Crippen molar-refractivity contribution in [2.45, 2.75) is 12.5 Å². The molecule has 0 fully saturated rings. The van der Waals surface area contributed by atoms with Crippen LogP contribution in [-0.2, 0) is 6.42 Å². The Morgan fingerprint density at radius 2 is 2.17 bits per heavy atom. The van der Waals surface area contributed by atoms with Crippen molar-refractivity contribution in [2.24, 2.45) is 5.73 Å². The molecule has 1 aromatic carbocycles. The van der Waals surface area contributed by atoms with E-state index < -0.39 is 0 Å². The number of nitrogens with two attached hydrogens (primary N) is 1. The molecule has 0 saturated heterocycles. The van der Waals surface area contributed by atoms with Gasteiger partial charge in [0.2, 0.25) is 0 Å². The molecule has 1 atom stereocenters. The molecule has 0 bridgehead atoms. The maximum atomic E-state index is 6.19. The van der Waals surface area contributed by atoms with Crippen molar-refractivity contribution in [3.05, 3.63) is 58.3 Å². The van der Waals surface area contributed by atoms with E-state index in [0.717, 1.165) is 27.9 Å². The summed E-state index contributed by atoms with van der Waals surface area (Å²) in [6.45, 7) is 0. The molecule has 94 valence electrons. The molecule has 2 aromatic rings. The number of nitrogens with zero attached hydrogens (tertiary/aromatic N) is 1. The standard InChI is InChI=1S/C14H15BrN2O/c1-18-14-6-5-10(8-12(14)15)13(16)9-11-4-2-3-7-17-11/h2-8,13H,9,16H2,1H3. The molecule has 4 heteroatoms. The van der Waals surface area contributed by atoms with Crippen LogP contribution in [0, 0.1) is 0 Å². The lowest BCUT2D eigenvalue weighted by molar-refractivity contribution is 0.412. The Morgan fingerprint density at radius 1 is 1.33 bits per heavy atom. The van der Waals surface area contributed by atoms with E-state index in [1.165, 1.54) is 0 Å². The third-order valence-corrected chi connectivity index (χ3v) is 3.38. The second-order valence-corrected chi connectivity index (χ2v) is 4.88. The Morgan fingerprint density at radius 3 is 2.78 bits per heavy atom. The lowest BCUT2D eigenvalue weighted by atomic mass is 10.0. The minimum absolute atomic E-state index is 0.0675. The number of pyridine rings is 1. The van der Waals surface area contributed by atoms with Gasteiger partial charge in [-0.05, 0) is 45.8 Å². The average Bonchev–Trinajstić information content (AvgIpc) is 2.39. The summed E-state index contributed by atoms with van der Waals surface area (Å²) < 4.78 is 6.11. The van der Waals surface area contributed by atoms with Crippen LogP contribution in [0.3, 0.4) is 0 Å². The van der Waals surface area contributed by atoms with Crippen LogP contribution in [0.4, 0.5) is 0 Å². The highest BCUT2D eigenvalue weighted by atomic mass is 79.9. The Bertz CT molecular complexity index is 516. The van der Waals surface area contributed by atoms with Gasteiger partial charge in [-0.1, -0.05) is 12.1 Å². The molecule has 0 aliphatic carbocycles. The van der Waals surface area contributed by atoms with E-state index >= 15 is 0 Å². The van der Waals surface area contributed by atoms with E-state index in [1.54, 1.807) is 13.3 Å². The van der Waals surface area contributed by atoms with Crippen LogP contribution in [0.25, 0.3) is 0 Å². The third kappa shape index (κ3) is 3.09. The molecule has 0 saturated carbocycles. The first-order valence-electron chi connectivity index (χ1n) is 5.69. The van der Waals surface area contributed by atoms with Gasteiger partial charge in [-0.25, -0.2) is 0 Å². The molecule has 18 heavy (non-hydrogen) atoms. The number of halogens is 1. The van der Waals surface area contributed by atoms with Gasteiger partial charge in [0.15, 0.2) is 0 Å². The molecule has 1 aromatic heterocycles. The zero-order valence-corrected chi connectivity index (χ0v) is 11.7. The van der Waals surface area contributed by atoms with Gasteiger partial charge in [-0.3, -0.25) is 4.98 Å². The first-order valence-corrected chi connectivity index (χ1v) is 6.49. The number of rotatable bonds is 4. The van der Waals surface area contributed by atoms with Crippen molar-refractivity contribution in [3.63, 3.8) is 0 Å². The maximum absolute atomic E-state index is 6.19. The molecule has 0 radical (unpaired) electrons. The number of aromatic nitrogens is 1. The lowest BCUT2D eigenvalue weighted by Crippen LogP contribution is -2.14. The molecule has 0 aliphatic heterocycles. The summed E-state index contributed by atoms with van der Waals surface area (Å²) in [6, 6.07) is 11.7. The minimum Gasteiger partial charge on any atom is -0.496 e. The maximum Gasteiger partial charge on any atom is 0.133 e. The zero-order valence-electron chi connectivity index (χ0n) is 10.1. The number of hydrogen-bond acceptors (Lipinski definition) is 3. The highest BCUT2D eigenvalue weighted by Crippen LogP contribution is 2.28. The van der Waals surface area contributed by atoms with E-state index in [9.17, 15) is 0 Å². The molecular formula is C14H15BrN2O. The van der Waals surface area contributed by atoms with Gasteiger partial charge in [0.05, 0.1) is 11.6 Å². The van der Waals surface area contributed by atoms with Gasteiger partial charge in [0, 0.05) is 24.4 Å². The largest absolute Gasteiger partial charge is 0.496 e. The molecular weight excluding hydrogens is 292 g/mol. The molecule has 1 unspecified atom stereocenters. The summed E-state index contributed by atoms with van der Waals surface area (Å²) in [4.78, 5) is 4.28. The Hall–Kier alpha value is -1.39. The van der Waals surface area contributed by atoms with Gasteiger partial charge in [-0.15, -0.1) is 0 Å². The van der Waals surface area contributed by atoms with Gasteiger partial charge in [-0.2, -0.15) is 0 Å². The quantitative estimate of drug-likeness (QED) is 0.944. The van der Waals surface area contributed by atoms with Crippen molar-refractivity contribution >= 4 is 15.9 Å². The topological polar surface area (TPSA) is 48.1 Å². The predicted octanol–water partition coefficient (Wildman–Crippen LogP) is 3.10. The van der Waals surface area contributed by atoms with Crippen molar-refractivity contribution in [3.8, 4) is 5.75 Å². The smallest absolute Gasteiger partial charge is 0.133 e. The Kier molecular flexibility index (Phi) is 4.33. The molecule has 0 aliphatic rings. The zero-order chi connectivity index (χ0) is 13.0. The first-order chi connectivity index (χ1) is 8.70. The summed E-state index contributed by atoms with van der Waals surface area (Å²) in [7, 11) is 1.65. The van der Waals surface area contributed by atoms with Crippen molar-refractivity contribution in [1.82, 2.24) is 4.98 Å². The van der Waals surface area contributed by atoms with Crippen molar-refractivity contribution in [2.75, 3.05) is 7.11 Å². The summed E-state index contributed by atoms with van der Waals surface area (Å²) in [5.74, 6) is 0.809. The summed E-state index contributed by atoms with van der Waals surface area (Å²) in [5, 5.41) is 0. The van der Waals surface area contributed by atoms with Gasteiger partial charge in [0.25, 0.3) is 0 Å². The molecule has 1 heterocycles. The summed E-state index contributed by atoms with van der Waals surface area (Å²) in [6.07, 6.45) is 2.51. The van der Waals surface area contributed by atoms with Gasteiger partial charge >= 0.3 is 0 Å². The highest BCUT2D eigenvalue weighted by molar-refractivity contribution is 9.10. The Balaban J connectivity index is 2.14. The third-order valence-electron chi connectivity index (χ3n) is 2.76. The number of hydrogen-bond donors (Lipinski definition) is 1.